The minimum Gasteiger partial charge on any atom is -0.477 e. The summed E-state index contributed by atoms with van der Waals surface area (Å²) in [6, 6.07) is 8.07. The number of carbonyl (C=O) groups excluding carboxylic acids is 1. The van der Waals surface area contributed by atoms with Crippen LogP contribution in [0.25, 0.3) is 0 Å². The number of benzene rings is 1. The number of aryl methyl sites for hydroxylation is 1. The fraction of sp³-hybridized carbons (Fsp3) is 0.400. The van der Waals surface area contributed by atoms with E-state index < -0.39 is 12.1 Å². The number of nitrogens with zero attached hydrogens (tertiary/aromatic N) is 2. The van der Waals surface area contributed by atoms with E-state index in [1.54, 1.807) is 4.90 Å². The summed E-state index contributed by atoms with van der Waals surface area (Å²) in [5.74, 6) is -1.32. The second-order valence-electron chi connectivity index (χ2n) is 5.27. The summed E-state index contributed by atoms with van der Waals surface area (Å²) in [5, 5.41) is 12.3. The van der Waals surface area contributed by atoms with Crippen molar-refractivity contribution in [2.24, 2.45) is 5.16 Å². The summed E-state index contributed by atoms with van der Waals surface area (Å²) in [4.78, 5) is 30.0. The summed E-state index contributed by atoms with van der Waals surface area (Å²) in [6.07, 6.45) is 1.07. The lowest BCUT2D eigenvalue weighted by molar-refractivity contribution is -0.142. The molecule has 0 fully saturated rings. The minimum atomic E-state index is -1.13. The van der Waals surface area contributed by atoms with Crippen LogP contribution in [0, 0.1) is 0 Å². The van der Waals surface area contributed by atoms with Crippen molar-refractivity contribution in [2.75, 3.05) is 6.54 Å². The van der Waals surface area contributed by atoms with Crippen LogP contribution < -0.4 is 0 Å². The van der Waals surface area contributed by atoms with E-state index in [0.717, 1.165) is 18.4 Å². The first kappa shape index (κ1) is 13.6. The predicted molar refractivity (Wildman–Crippen MR) is 74.7 cm³/mol. The zero-order valence-corrected chi connectivity index (χ0v) is 11.5. The lowest BCUT2D eigenvalue weighted by Gasteiger charge is -2.23. The Morgan fingerprint density at radius 1 is 1.29 bits per heavy atom. The molecule has 0 aromatic heterocycles. The molecular formula is C15H16N2O4. The third-order valence-corrected chi connectivity index (χ3v) is 3.86. The minimum absolute atomic E-state index is 0.0340. The number of hydrogen-bond acceptors (Lipinski definition) is 4. The first-order valence-corrected chi connectivity index (χ1v) is 6.96. The van der Waals surface area contributed by atoms with Crippen molar-refractivity contribution in [3.63, 3.8) is 0 Å². The number of carboxylic acids is 1. The van der Waals surface area contributed by atoms with Crippen LogP contribution in [0.15, 0.2) is 29.4 Å². The molecule has 1 N–H and O–H groups in total. The maximum atomic E-state index is 12.5. The van der Waals surface area contributed by atoms with Crippen molar-refractivity contribution in [3.05, 3.63) is 35.4 Å². The first-order valence-electron chi connectivity index (χ1n) is 6.96. The maximum Gasteiger partial charge on any atom is 0.353 e. The average molecular weight is 288 g/mol. The maximum absolute atomic E-state index is 12.5. The van der Waals surface area contributed by atoms with Crippen molar-refractivity contribution < 1.29 is 19.5 Å². The van der Waals surface area contributed by atoms with Gasteiger partial charge in [0.05, 0.1) is 0 Å². The van der Waals surface area contributed by atoms with E-state index in [4.69, 9.17) is 9.94 Å². The van der Waals surface area contributed by atoms with Crippen LogP contribution in [0.1, 0.15) is 24.0 Å². The van der Waals surface area contributed by atoms with Crippen LogP contribution in [0.4, 0.5) is 0 Å². The molecule has 0 spiro atoms. The number of rotatable bonds is 2. The fourth-order valence-electron chi connectivity index (χ4n) is 2.73. The average Bonchev–Trinajstić information content (AvgIpc) is 2.87. The molecular weight excluding hydrogens is 272 g/mol. The first-order chi connectivity index (χ1) is 10.1. The molecule has 21 heavy (non-hydrogen) atoms. The molecule has 2 aliphatic heterocycles. The van der Waals surface area contributed by atoms with Crippen LogP contribution in [0.5, 0.6) is 0 Å². The van der Waals surface area contributed by atoms with Crippen LogP contribution in [0.2, 0.25) is 0 Å². The molecule has 0 aliphatic carbocycles. The van der Waals surface area contributed by atoms with E-state index in [9.17, 15) is 9.59 Å². The van der Waals surface area contributed by atoms with Gasteiger partial charge >= 0.3 is 5.97 Å². The largest absolute Gasteiger partial charge is 0.477 e. The zero-order valence-electron chi connectivity index (χ0n) is 11.5. The van der Waals surface area contributed by atoms with Gasteiger partial charge in [-0.1, -0.05) is 29.4 Å². The van der Waals surface area contributed by atoms with E-state index in [1.807, 2.05) is 18.2 Å². The Labute approximate surface area is 122 Å². The smallest absolute Gasteiger partial charge is 0.353 e. The highest BCUT2D eigenvalue weighted by Crippen LogP contribution is 2.21. The molecule has 1 aromatic rings. The van der Waals surface area contributed by atoms with Crippen molar-refractivity contribution in [1.82, 2.24) is 4.90 Å². The Morgan fingerprint density at radius 2 is 2.05 bits per heavy atom. The monoisotopic (exact) mass is 288 g/mol. The highest BCUT2D eigenvalue weighted by molar-refractivity contribution is 6.36. The van der Waals surface area contributed by atoms with Crippen molar-refractivity contribution >= 4 is 17.6 Å². The molecule has 1 unspecified atom stereocenters. The van der Waals surface area contributed by atoms with E-state index in [2.05, 4.69) is 11.2 Å². The standard InChI is InChI=1S/C15H16N2O4/c18-14(13-8-12(15(19)20)16-21-13)17-7-3-6-10-4-1-2-5-11(10)9-17/h1-2,4-5,13H,3,6-9H2,(H,19,20). The van der Waals surface area contributed by atoms with Gasteiger partial charge in [0.25, 0.3) is 5.91 Å². The van der Waals surface area contributed by atoms with Crippen molar-refractivity contribution in [2.45, 2.75) is 31.9 Å². The number of carboxylic acid groups (broad SMARTS) is 1. The van der Waals surface area contributed by atoms with Crippen LogP contribution >= 0.6 is 0 Å². The highest BCUT2D eigenvalue weighted by Gasteiger charge is 2.34. The topological polar surface area (TPSA) is 79.2 Å². The predicted octanol–water partition coefficient (Wildman–Crippen LogP) is 1.19. The van der Waals surface area contributed by atoms with Gasteiger partial charge in [0.2, 0.25) is 6.10 Å². The van der Waals surface area contributed by atoms with Crippen molar-refractivity contribution in [3.8, 4) is 0 Å². The Morgan fingerprint density at radius 3 is 2.76 bits per heavy atom. The van der Waals surface area contributed by atoms with Gasteiger partial charge in [-0.05, 0) is 24.0 Å². The normalized spacial score (nSPS) is 21.0. The number of hydrogen-bond donors (Lipinski definition) is 1. The second-order valence-corrected chi connectivity index (χ2v) is 5.27. The Hall–Kier alpha value is -2.37. The fourth-order valence-corrected chi connectivity index (χ4v) is 2.73. The van der Waals surface area contributed by atoms with Crippen LogP contribution in [-0.2, 0) is 27.4 Å². The van der Waals surface area contributed by atoms with Gasteiger partial charge in [0, 0.05) is 19.5 Å². The SMILES string of the molecule is O=C(O)C1=NOC(C(=O)N2CCCc3ccccc3C2)C1. The molecule has 1 atom stereocenters. The third kappa shape index (κ3) is 2.74. The number of amides is 1. The van der Waals surface area contributed by atoms with E-state index in [1.165, 1.54) is 5.56 Å². The molecule has 0 saturated heterocycles. The summed E-state index contributed by atoms with van der Waals surface area (Å²) in [7, 11) is 0. The number of aliphatic carboxylic acids is 1. The molecule has 1 aromatic carbocycles. The third-order valence-electron chi connectivity index (χ3n) is 3.86. The van der Waals surface area contributed by atoms with E-state index in [0.29, 0.717) is 13.1 Å². The Bertz CT molecular complexity index is 611. The highest BCUT2D eigenvalue weighted by atomic mass is 16.6. The zero-order chi connectivity index (χ0) is 14.8. The quantitative estimate of drug-likeness (QED) is 0.886. The molecule has 0 saturated carbocycles. The molecule has 0 bridgehead atoms. The van der Waals surface area contributed by atoms with E-state index in [-0.39, 0.29) is 18.0 Å². The molecule has 6 nitrogen and oxygen atoms in total. The lowest BCUT2D eigenvalue weighted by Crippen LogP contribution is -2.39. The molecule has 0 radical (unpaired) electrons. The van der Waals surface area contributed by atoms with Gasteiger partial charge in [-0.3, -0.25) is 4.79 Å². The number of carbonyl (C=O) groups is 2. The summed E-state index contributed by atoms with van der Waals surface area (Å²) in [6.45, 7) is 1.19. The van der Waals surface area contributed by atoms with Gasteiger partial charge < -0.3 is 14.8 Å². The summed E-state index contributed by atoms with van der Waals surface area (Å²) >= 11 is 0. The summed E-state index contributed by atoms with van der Waals surface area (Å²) in [5.41, 5.74) is 2.31. The van der Waals surface area contributed by atoms with Gasteiger partial charge in [0.15, 0.2) is 5.71 Å². The lowest BCUT2D eigenvalue weighted by atomic mass is 10.0. The van der Waals surface area contributed by atoms with Gasteiger partial charge in [-0.15, -0.1) is 0 Å². The second kappa shape index (κ2) is 5.55. The van der Waals surface area contributed by atoms with Crippen molar-refractivity contribution in [1.29, 1.82) is 0 Å². The molecule has 2 aliphatic rings. The van der Waals surface area contributed by atoms with Gasteiger partial charge in [-0.25, -0.2) is 4.79 Å². The molecule has 6 heteroatoms. The van der Waals surface area contributed by atoms with Gasteiger partial charge in [0.1, 0.15) is 0 Å². The number of fused-ring (bicyclic) bond motifs is 1. The van der Waals surface area contributed by atoms with Crippen LogP contribution in [0.3, 0.4) is 0 Å². The summed E-state index contributed by atoms with van der Waals surface area (Å²) < 4.78 is 0. The van der Waals surface area contributed by atoms with Gasteiger partial charge in [-0.2, -0.15) is 0 Å². The molecule has 3 rings (SSSR count). The number of oxime groups is 1. The Kier molecular flexibility index (Phi) is 3.60. The molecule has 1 amide bonds. The molecule has 110 valence electrons. The Balaban J connectivity index is 1.70. The molecule has 2 heterocycles. The van der Waals surface area contributed by atoms with Crippen LogP contribution in [-0.4, -0.2) is 40.2 Å². The van der Waals surface area contributed by atoms with E-state index >= 15 is 0 Å².